The molecule has 0 aliphatic heterocycles. The third-order valence-electron chi connectivity index (χ3n) is 3.37. The summed E-state index contributed by atoms with van der Waals surface area (Å²) in [6.45, 7) is 0. The molecule has 0 aliphatic carbocycles. The minimum Gasteiger partial charge on any atom is -0.269 e. The van der Waals surface area contributed by atoms with Gasteiger partial charge in [-0.2, -0.15) is 4.39 Å². The van der Waals surface area contributed by atoms with Crippen molar-refractivity contribution >= 4 is 11.5 Å². The number of hydrogen-bond acceptors (Lipinski definition) is 1. The molecule has 0 unspecified atom stereocenters. The molecule has 0 saturated heterocycles. The van der Waals surface area contributed by atoms with Gasteiger partial charge in [-0.1, -0.05) is 66.7 Å². The van der Waals surface area contributed by atoms with Gasteiger partial charge >= 0.3 is 0 Å². The number of pyridine rings is 1. The van der Waals surface area contributed by atoms with Crippen molar-refractivity contribution in [3.63, 3.8) is 0 Å². The Balaban J connectivity index is 2.29. The van der Waals surface area contributed by atoms with Gasteiger partial charge in [-0.25, -0.2) is 0 Å². The van der Waals surface area contributed by atoms with Gasteiger partial charge < -0.3 is 0 Å². The summed E-state index contributed by atoms with van der Waals surface area (Å²) in [5.41, 5.74) is 1.45. The Morgan fingerprint density at radius 3 is 1.73 bits per heavy atom. The zero-order valence-corrected chi connectivity index (χ0v) is 11.8. The topological polar surface area (TPSA) is 22.0 Å². The molecule has 0 spiro atoms. The van der Waals surface area contributed by atoms with Gasteiger partial charge in [0.1, 0.15) is 0 Å². The molecule has 22 heavy (non-hydrogen) atoms. The lowest BCUT2D eigenvalue weighted by Crippen LogP contribution is -2.16. The number of nitrogens with zero attached hydrogens (tertiary/aromatic N) is 1. The van der Waals surface area contributed by atoms with Crippen molar-refractivity contribution in [2.24, 2.45) is 0 Å². The molecule has 0 fully saturated rings. The average molecular weight is 291 g/mol. The highest BCUT2D eigenvalue weighted by atomic mass is 19.1. The van der Waals surface area contributed by atoms with Gasteiger partial charge in [-0.05, 0) is 17.2 Å². The molecule has 1 aromatic heterocycles. The van der Waals surface area contributed by atoms with Crippen molar-refractivity contribution in [1.29, 1.82) is 0 Å². The molecule has 2 nitrogen and oxygen atoms in total. The summed E-state index contributed by atoms with van der Waals surface area (Å²) in [6.07, 6.45) is 1.43. The first-order chi connectivity index (χ1) is 10.8. The van der Waals surface area contributed by atoms with Crippen molar-refractivity contribution in [2.45, 2.75) is 0 Å². The molecule has 0 amide bonds. The van der Waals surface area contributed by atoms with Crippen molar-refractivity contribution in [2.75, 3.05) is 0 Å². The molecule has 0 saturated carbocycles. The molecule has 1 heterocycles. The fraction of sp³-hybridized carbons (Fsp3) is 0. The van der Waals surface area contributed by atoms with E-state index in [4.69, 9.17) is 0 Å². The first-order valence-electron chi connectivity index (χ1n) is 6.96. The summed E-state index contributed by atoms with van der Waals surface area (Å²) in [5, 5.41) is 0. The predicted molar refractivity (Wildman–Crippen MR) is 86.9 cm³/mol. The fourth-order valence-electron chi connectivity index (χ4n) is 2.32. The second-order valence-electron chi connectivity index (χ2n) is 4.81. The number of rotatable bonds is 3. The molecule has 2 aromatic carbocycles. The quantitative estimate of drug-likeness (QED) is 0.709. The van der Waals surface area contributed by atoms with E-state index in [9.17, 15) is 4.79 Å². The van der Waals surface area contributed by atoms with Crippen LogP contribution in [0.3, 0.4) is 0 Å². The van der Waals surface area contributed by atoms with Gasteiger partial charge in [0.25, 0.3) is 5.56 Å². The van der Waals surface area contributed by atoms with E-state index in [1.165, 1.54) is 12.3 Å². The Morgan fingerprint density at radius 2 is 1.23 bits per heavy atom. The van der Waals surface area contributed by atoms with Crippen molar-refractivity contribution in [1.82, 2.24) is 4.57 Å². The first kappa shape index (κ1) is 14.0. The van der Waals surface area contributed by atoms with Crippen molar-refractivity contribution in [3.05, 3.63) is 107 Å². The molecule has 0 aliphatic rings. The van der Waals surface area contributed by atoms with E-state index in [1.54, 1.807) is 12.1 Å². The highest BCUT2D eigenvalue weighted by Gasteiger charge is 2.14. The molecule has 0 radical (unpaired) electrons. The molecule has 108 valence electrons. The first-order valence-corrected chi connectivity index (χ1v) is 6.96. The summed E-state index contributed by atoms with van der Waals surface area (Å²) < 4.78 is 16.1. The van der Waals surface area contributed by atoms with Crippen LogP contribution in [0.5, 0.6) is 0 Å². The van der Waals surface area contributed by atoms with Crippen LogP contribution in [-0.2, 0) is 0 Å². The number of hydrogen-bond donors (Lipinski definition) is 0. The van der Waals surface area contributed by atoms with E-state index < -0.39 is 11.5 Å². The average Bonchev–Trinajstić information content (AvgIpc) is 2.57. The molecule has 0 atom stereocenters. The molecule has 3 rings (SSSR count). The second kappa shape index (κ2) is 6.22. The van der Waals surface area contributed by atoms with Crippen LogP contribution in [0.15, 0.2) is 89.9 Å². The summed E-state index contributed by atoms with van der Waals surface area (Å²) >= 11 is 0. The van der Waals surface area contributed by atoms with Crippen LogP contribution in [0.1, 0.15) is 11.1 Å². The number of halogens is 1. The fourth-order valence-corrected chi connectivity index (χ4v) is 2.32. The maximum atomic E-state index is 15.1. The van der Waals surface area contributed by atoms with Gasteiger partial charge in [0, 0.05) is 17.8 Å². The largest absolute Gasteiger partial charge is 0.269 e. The van der Waals surface area contributed by atoms with Crippen LogP contribution in [-0.4, -0.2) is 4.57 Å². The monoisotopic (exact) mass is 291 g/mol. The zero-order chi connectivity index (χ0) is 15.4. The van der Waals surface area contributed by atoms with E-state index in [1.807, 2.05) is 60.7 Å². The smallest absolute Gasteiger partial charge is 0.256 e. The third kappa shape index (κ3) is 2.74. The van der Waals surface area contributed by atoms with Gasteiger partial charge in [0.05, 0.1) is 0 Å². The minimum absolute atomic E-state index is 0.398. The van der Waals surface area contributed by atoms with E-state index in [-0.39, 0.29) is 0 Å². The summed E-state index contributed by atoms with van der Waals surface area (Å²) in [6, 6.07) is 23.0. The minimum atomic E-state index is -0.581. The Morgan fingerprint density at radius 1 is 0.727 bits per heavy atom. The van der Waals surface area contributed by atoms with E-state index >= 15 is 4.39 Å². The van der Waals surface area contributed by atoms with Crippen LogP contribution >= 0.6 is 0 Å². The Labute approximate surface area is 127 Å². The highest BCUT2D eigenvalue weighted by Crippen LogP contribution is 2.29. The lowest BCUT2D eigenvalue weighted by Gasteiger charge is -2.12. The van der Waals surface area contributed by atoms with Crippen LogP contribution in [0.2, 0.25) is 0 Å². The van der Waals surface area contributed by atoms with Gasteiger partial charge in [-0.3, -0.25) is 9.36 Å². The third-order valence-corrected chi connectivity index (χ3v) is 3.37. The summed E-state index contributed by atoms with van der Waals surface area (Å²) in [7, 11) is 0. The van der Waals surface area contributed by atoms with Crippen molar-refractivity contribution < 1.29 is 4.39 Å². The Kier molecular flexibility index (Phi) is 3.97. The zero-order valence-electron chi connectivity index (χ0n) is 11.8. The maximum Gasteiger partial charge on any atom is 0.256 e. The van der Waals surface area contributed by atoms with Gasteiger partial charge in [0.2, 0.25) is 5.95 Å². The second-order valence-corrected chi connectivity index (χ2v) is 4.81. The van der Waals surface area contributed by atoms with E-state index in [0.717, 1.165) is 15.7 Å². The Bertz CT molecular complexity index is 810. The summed E-state index contributed by atoms with van der Waals surface area (Å²) in [5.74, 6) is -0.581. The molecule has 0 N–H and O–H groups in total. The molecule has 0 bridgehead atoms. The van der Waals surface area contributed by atoms with Gasteiger partial charge in [-0.15, -0.1) is 0 Å². The molecule has 3 heteroatoms. The van der Waals surface area contributed by atoms with Crippen LogP contribution < -0.4 is 5.56 Å². The standard InChI is InChI=1S/C19H14FNO/c20-19(21-14-8-7-13-17(21)22)18(15-9-3-1-4-10-15)16-11-5-2-6-12-16/h1-14H. The number of aromatic nitrogens is 1. The number of benzene rings is 2. The van der Waals surface area contributed by atoms with E-state index in [2.05, 4.69) is 0 Å². The Hall–Kier alpha value is -2.94. The summed E-state index contributed by atoms with van der Waals surface area (Å²) in [4.78, 5) is 11.9. The lowest BCUT2D eigenvalue weighted by molar-refractivity contribution is 0.680. The van der Waals surface area contributed by atoms with E-state index in [0.29, 0.717) is 5.57 Å². The van der Waals surface area contributed by atoms with Crippen LogP contribution in [0, 0.1) is 0 Å². The van der Waals surface area contributed by atoms with Crippen LogP contribution in [0.4, 0.5) is 4.39 Å². The molecular weight excluding hydrogens is 277 g/mol. The SMILES string of the molecule is O=c1ccccn1C(F)=C(c1ccccc1)c1ccccc1. The van der Waals surface area contributed by atoms with Crippen molar-refractivity contribution in [3.8, 4) is 0 Å². The predicted octanol–water partition coefficient (Wildman–Crippen LogP) is 4.19. The maximum absolute atomic E-state index is 15.1. The van der Waals surface area contributed by atoms with Crippen LogP contribution in [0.25, 0.3) is 11.5 Å². The van der Waals surface area contributed by atoms with Gasteiger partial charge in [0.15, 0.2) is 0 Å². The highest BCUT2D eigenvalue weighted by molar-refractivity contribution is 5.90. The molecular formula is C19H14FNO. The lowest BCUT2D eigenvalue weighted by atomic mass is 9.98. The molecule has 3 aromatic rings. The normalized spacial score (nSPS) is 10.2.